The van der Waals surface area contributed by atoms with Crippen LogP contribution in [0.25, 0.3) is 0 Å². The maximum atomic E-state index is 6.13. The number of hydrogen-bond acceptors (Lipinski definition) is 1. The van der Waals surface area contributed by atoms with E-state index in [1.54, 1.807) is 6.07 Å². The van der Waals surface area contributed by atoms with Gasteiger partial charge in [0.2, 0.25) is 8.32 Å². The van der Waals surface area contributed by atoms with E-state index in [0.29, 0.717) is 10.6 Å². The molecule has 0 saturated heterocycles. The van der Waals surface area contributed by atoms with Gasteiger partial charge in [0, 0.05) is 5.56 Å². The van der Waals surface area contributed by atoms with Gasteiger partial charge in [-0.2, -0.15) is 0 Å². The van der Waals surface area contributed by atoms with Gasteiger partial charge < -0.3 is 4.43 Å². The Morgan fingerprint density at radius 3 is 2.29 bits per heavy atom. The Morgan fingerprint density at radius 2 is 1.88 bits per heavy atom. The molecule has 0 N–H and O–H groups in total. The van der Waals surface area contributed by atoms with Crippen molar-refractivity contribution in [3.63, 3.8) is 0 Å². The molecule has 1 nitrogen and oxygen atoms in total. The van der Waals surface area contributed by atoms with E-state index in [0.717, 1.165) is 5.75 Å². The Hall–Kier alpha value is -0.913. The van der Waals surface area contributed by atoms with Crippen LogP contribution < -0.4 is 4.43 Å². The Kier molecular flexibility index (Phi) is 3.96. The molecule has 0 bridgehead atoms. The quantitative estimate of drug-likeness (QED) is 0.557. The summed E-state index contributed by atoms with van der Waals surface area (Å²) in [5.74, 6) is 3.35. The van der Waals surface area contributed by atoms with E-state index in [-0.39, 0.29) is 5.04 Å². The zero-order chi connectivity index (χ0) is 13.3. The molecular weight excluding hydrogens is 248 g/mol. The molecule has 0 aliphatic rings. The highest BCUT2D eigenvalue weighted by atomic mass is 35.5. The van der Waals surface area contributed by atoms with Crippen LogP contribution in [0.2, 0.25) is 23.2 Å². The molecule has 0 aromatic heterocycles. The van der Waals surface area contributed by atoms with Crippen LogP contribution in [0.15, 0.2) is 18.2 Å². The summed E-state index contributed by atoms with van der Waals surface area (Å²) >= 11 is 6.07. The molecule has 1 rings (SSSR count). The summed E-state index contributed by atoms with van der Waals surface area (Å²) in [7, 11) is -1.81. The first-order valence-corrected chi connectivity index (χ1v) is 8.91. The second-order valence-electron chi connectivity index (χ2n) is 5.65. The molecule has 0 spiro atoms. The van der Waals surface area contributed by atoms with Crippen molar-refractivity contribution < 1.29 is 4.43 Å². The molecule has 1 aromatic rings. The molecule has 0 heterocycles. The topological polar surface area (TPSA) is 9.23 Å². The first kappa shape index (κ1) is 14.1. The number of terminal acetylenes is 1. The largest absolute Gasteiger partial charge is 0.543 e. The third-order valence-corrected chi connectivity index (χ3v) is 7.95. The molecule has 0 fully saturated rings. The zero-order valence-electron chi connectivity index (χ0n) is 11.1. The molecule has 17 heavy (non-hydrogen) atoms. The smallest absolute Gasteiger partial charge is 0.250 e. The van der Waals surface area contributed by atoms with Gasteiger partial charge >= 0.3 is 0 Å². The molecule has 0 aliphatic carbocycles. The van der Waals surface area contributed by atoms with Crippen LogP contribution in [-0.2, 0) is 0 Å². The van der Waals surface area contributed by atoms with Gasteiger partial charge in [-0.05, 0) is 36.3 Å². The summed E-state index contributed by atoms with van der Waals surface area (Å²) in [6, 6.07) is 5.52. The second-order valence-corrected chi connectivity index (χ2v) is 10.8. The predicted molar refractivity (Wildman–Crippen MR) is 77.2 cm³/mol. The van der Waals surface area contributed by atoms with Crippen LogP contribution in [0.5, 0.6) is 5.75 Å². The average molecular weight is 267 g/mol. The highest BCUT2D eigenvalue weighted by Gasteiger charge is 2.38. The lowest BCUT2D eigenvalue weighted by Gasteiger charge is -2.36. The van der Waals surface area contributed by atoms with Gasteiger partial charge in [0.1, 0.15) is 5.75 Å². The Bertz CT molecular complexity index is 452. The maximum Gasteiger partial charge on any atom is 0.250 e. The molecular formula is C14H19ClOSi. The summed E-state index contributed by atoms with van der Waals surface area (Å²) in [5.41, 5.74) is 0.703. The monoisotopic (exact) mass is 266 g/mol. The average Bonchev–Trinajstić information content (AvgIpc) is 2.15. The fourth-order valence-corrected chi connectivity index (χ4v) is 2.37. The number of halogens is 1. The highest BCUT2D eigenvalue weighted by molar-refractivity contribution is 6.74. The van der Waals surface area contributed by atoms with Gasteiger partial charge in [0.15, 0.2) is 0 Å². The van der Waals surface area contributed by atoms with Crippen molar-refractivity contribution in [2.24, 2.45) is 0 Å². The number of benzene rings is 1. The molecule has 1 aromatic carbocycles. The van der Waals surface area contributed by atoms with Crippen molar-refractivity contribution in [3.8, 4) is 18.1 Å². The molecule has 0 atom stereocenters. The number of rotatable bonds is 2. The van der Waals surface area contributed by atoms with Crippen molar-refractivity contribution >= 4 is 19.9 Å². The lowest BCUT2D eigenvalue weighted by molar-refractivity contribution is 0.492. The van der Waals surface area contributed by atoms with E-state index in [1.807, 2.05) is 12.1 Å². The van der Waals surface area contributed by atoms with Crippen LogP contribution >= 0.6 is 11.6 Å². The summed E-state index contributed by atoms with van der Waals surface area (Å²) in [5, 5.41) is 0.744. The first-order valence-electron chi connectivity index (χ1n) is 5.62. The van der Waals surface area contributed by atoms with Crippen LogP contribution in [0.4, 0.5) is 0 Å². The zero-order valence-corrected chi connectivity index (χ0v) is 12.9. The predicted octanol–water partition coefficient (Wildman–Crippen LogP) is 4.71. The van der Waals surface area contributed by atoms with Gasteiger partial charge in [0.25, 0.3) is 0 Å². The van der Waals surface area contributed by atoms with E-state index in [1.165, 1.54) is 0 Å². The lowest BCUT2D eigenvalue weighted by Crippen LogP contribution is -2.43. The maximum absolute atomic E-state index is 6.13. The van der Waals surface area contributed by atoms with E-state index < -0.39 is 8.32 Å². The molecule has 0 unspecified atom stereocenters. The van der Waals surface area contributed by atoms with Crippen molar-refractivity contribution in [3.05, 3.63) is 28.8 Å². The van der Waals surface area contributed by atoms with Gasteiger partial charge in [-0.15, -0.1) is 6.42 Å². The third-order valence-electron chi connectivity index (χ3n) is 3.28. The fourth-order valence-electron chi connectivity index (χ4n) is 1.12. The summed E-state index contributed by atoms with van der Waals surface area (Å²) in [4.78, 5) is 0. The van der Waals surface area contributed by atoms with E-state index in [2.05, 4.69) is 39.8 Å². The minimum absolute atomic E-state index is 0.171. The van der Waals surface area contributed by atoms with Crippen LogP contribution in [0, 0.1) is 12.3 Å². The van der Waals surface area contributed by atoms with Gasteiger partial charge in [-0.3, -0.25) is 0 Å². The number of hydrogen-bond donors (Lipinski definition) is 0. The third kappa shape index (κ3) is 3.28. The molecule has 0 radical (unpaired) electrons. The standard InChI is InChI=1S/C14H19ClOSi/c1-7-11-8-9-12(10-13(11)15)16-17(5,6)14(2,3)4/h1,8-10H,2-6H3. The van der Waals surface area contributed by atoms with Gasteiger partial charge in [-0.25, -0.2) is 0 Å². The van der Waals surface area contributed by atoms with Crippen molar-refractivity contribution in [1.29, 1.82) is 0 Å². The SMILES string of the molecule is C#Cc1ccc(O[Si](C)(C)C(C)(C)C)cc1Cl. The molecule has 0 amide bonds. The summed E-state index contributed by atoms with van der Waals surface area (Å²) in [6.07, 6.45) is 5.33. The Balaban J connectivity index is 2.98. The van der Waals surface area contributed by atoms with Crippen LogP contribution in [0.1, 0.15) is 26.3 Å². The van der Waals surface area contributed by atoms with Crippen LogP contribution in [-0.4, -0.2) is 8.32 Å². The molecule has 0 aliphatic heterocycles. The fraction of sp³-hybridized carbons (Fsp3) is 0.429. The Labute approximate surface area is 110 Å². The molecule has 0 saturated carbocycles. The minimum atomic E-state index is -1.81. The highest BCUT2D eigenvalue weighted by Crippen LogP contribution is 2.37. The van der Waals surface area contributed by atoms with Gasteiger partial charge in [-0.1, -0.05) is 38.3 Å². The van der Waals surface area contributed by atoms with E-state index in [9.17, 15) is 0 Å². The minimum Gasteiger partial charge on any atom is -0.543 e. The summed E-state index contributed by atoms with van der Waals surface area (Å²) in [6.45, 7) is 11.0. The molecule has 3 heteroatoms. The Morgan fingerprint density at radius 1 is 1.29 bits per heavy atom. The van der Waals surface area contributed by atoms with E-state index >= 15 is 0 Å². The lowest BCUT2D eigenvalue weighted by atomic mass is 10.2. The molecule has 92 valence electrons. The van der Waals surface area contributed by atoms with E-state index in [4.69, 9.17) is 22.5 Å². The van der Waals surface area contributed by atoms with Crippen LogP contribution in [0.3, 0.4) is 0 Å². The van der Waals surface area contributed by atoms with Gasteiger partial charge in [0.05, 0.1) is 5.02 Å². The second kappa shape index (κ2) is 4.76. The normalized spacial score (nSPS) is 12.1. The summed E-state index contributed by atoms with van der Waals surface area (Å²) < 4.78 is 6.13. The van der Waals surface area contributed by atoms with Crippen molar-refractivity contribution in [2.75, 3.05) is 0 Å². The van der Waals surface area contributed by atoms with Crippen molar-refractivity contribution in [2.45, 2.75) is 38.9 Å². The van der Waals surface area contributed by atoms with Crippen molar-refractivity contribution in [1.82, 2.24) is 0 Å². The first-order chi connectivity index (χ1) is 7.67.